The van der Waals surface area contributed by atoms with Gasteiger partial charge in [-0.25, -0.2) is 18.1 Å². The number of benzene rings is 1. The molecule has 3 atom stereocenters. The van der Waals surface area contributed by atoms with Crippen molar-refractivity contribution in [2.75, 3.05) is 32.8 Å². The summed E-state index contributed by atoms with van der Waals surface area (Å²) in [6.45, 7) is 11.1. The average Bonchev–Trinajstić information content (AvgIpc) is 3.23. The number of piperidine rings is 1. The predicted octanol–water partition coefficient (Wildman–Crippen LogP) is 2.59. The van der Waals surface area contributed by atoms with E-state index in [1.165, 1.54) is 6.42 Å². The van der Waals surface area contributed by atoms with E-state index in [1.807, 2.05) is 12.1 Å². The van der Waals surface area contributed by atoms with Crippen LogP contribution in [0.1, 0.15) is 45.6 Å². The van der Waals surface area contributed by atoms with Crippen LogP contribution in [-0.4, -0.2) is 58.2 Å². The van der Waals surface area contributed by atoms with E-state index in [9.17, 15) is 8.42 Å². The maximum atomic E-state index is 12.5. The minimum atomic E-state index is -3.52. The third kappa shape index (κ3) is 6.43. The Morgan fingerprint density at radius 1 is 1.20 bits per heavy atom. The van der Waals surface area contributed by atoms with E-state index >= 15 is 0 Å². The number of ether oxygens (including phenoxy) is 1. The van der Waals surface area contributed by atoms with Gasteiger partial charge in [0.1, 0.15) is 0 Å². The van der Waals surface area contributed by atoms with Gasteiger partial charge in [-0.3, -0.25) is 0 Å². The van der Waals surface area contributed by atoms with Crippen LogP contribution in [-0.2, 0) is 21.3 Å². The van der Waals surface area contributed by atoms with Crippen LogP contribution in [0.25, 0.3) is 0 Å². The van der Waals surface area contributed by atoms with Crippen LogP contribution in [0.3, 0.4) is 0 Å². The number of rotatable bonds is 7. The summed E-state index contributed by atoms with van der Waals surface area (Å²) in [6.07, 6.45) is 3.14. The maximum absolute atomic E-state index is 12.5. The first-order chi connectivity index (χ1) is 14.4. The first-order valence-corrected chi connectivity index (χ1v) is 12.6. The largest absolute Gasteiger partial charge is 0.377 e. The van der Waals surface area contributed by atoms with Crippen LogP contribution in [0.15, 0.2) is 34.2 Å². The van der Waals surface area contributed by atoms with Crippen molar-refractivity contribution >= 4 is 16.0 Å². The Hall–Kier alpha value is -1.64. The lowest BCUT2D eigenvalue weighted by Crippen LogP contribution is -2.48. The Morgan fingerprint density at radius 3 is 2.50 bits per heavy atom. The molecule has 2 aliphatic heterocycles. The molecule has 2 heterocycles. The second-order valence-corrected chi connectivity index (χ2v) is 10.4. The van der Waals surface area contributed by atoms with Gasteiger partial charge in [0.05, 0.1) is 17.5 Å². The Labute approximate surface area is 181 Å². The Bertz CT molecular complexity index is 794. The van der Waals surface area contributed by atoms with Crippen LogP contribution in [0, 0.1) is 11.8 Å². The highest BCUT2D eigenvalue weighted by Crippen LogP contribution is 2.21. The van der Waals surface area contributed by atoms with E-state index in [4.69, 9.17) is 9.73 Å². The molecule has 8 heteroatoms. The van der Waals surface area contributed by atoms with Gasteiger partial charge >= 0.3 is 0 Å². The second kappa shape index (κ2) is 10.6. The number of nitrogens with one attached hydrogen (secondary N) is 2. The quantitative estimate of drug-likeness (QED) is 0.507. The van der Waals surface area contributed by atoms with E-state index in [0.717, 1.165) is 44.0 Å². The molecule has 3 unspecified atom stereocenters. The van der Waals surface area contributed by atoms with Gasteiger partial charge in [0.25, 0.3) is 0 Å². The average molecular weight is 437 g/mol. The van der Waals surface area contributed by atoms with Crippen LogP contribution in [0.5, 0.6) is 0 Å². The number of nitrogens with zero attached hydrogens (tertiary/aromatic N) is 2. The molecule has 2 aliphatic rings. The minimum Gasteiger partial charge on any atom is -0.377 e. The molecule has 0 saturated carbocycles. The normalized spacial score (nSPS) is 25.5. The van der Waals surface area contributed by atoms with Gasteiger partial charge in [0, 0.05) is 32.8 Å². The molecule has 168 valence electrons. The fraction of sp³-hybridized carbons (Fsp3) is 0.682. The summed E-state index contributed by atoms with van der Waals surface area (Å²) in [6, 6.07) is 6.99. The van der Waals surface area contributed by atoms with Gasteiger partial charge in [0.2, 0.25) is 10.0 Å². The number of likely N-dealkylation sites (tertiary alicyclic amines) is 1. The lowest BCUT2D eigenvalue weighted by molar-refractivity contribution is 0.114. The third-order valence-electron chi connectivity index (χ3n) is 5.67. The van der Waals surface area contributed by atoms with Crippen LogP contribution >= 0.6 is 0 Å². The van der Waals surface area contributed by atoms with E-state index in [-0.39, 0.29) is 11.0 Å². The maximum Gasteiger partial charge on any atom is 0.240 e. The summed E-state index contributed by atoms with van der Waals surface area (Å²) in [5.41, 5.74) is 0.988. The van der Waals surface area contributed by atoms with Gasteiger partial charge in [-0.1, -0.05) is 26.0 Å². The lowest BCUT2D eigenvalue weighted by atomic mass is 9.92. The molecule has 30 heavy (non-hydrogen) atoms. The Kier molecular flexibility index (Phi) is 8.13. The SMILES string of the molecule is CCNC(=NCc1ccc(S(=O)(=O)NCC2CCCO2)cc1)N1CC(C)CC(C)C1. The highest BCUT2D eigenvalue weighted by Gasteiger charge is 2.24. The van der Waals surface area contributed by atoms with Gasteiger partial charge in [-0.05, 0) is 55.7 Å². The van der Waals surface area contributed by atoms with Crippen LogP contribution < -0.4 is 10.0 Å². The number of aliphatic imine (C=N–C) groups is 1. The third-order valence-corrected chi connectivity index (χ3v) is 7.11. The van der Waals surface area contributed by atoms with Gasteiger partial charge in [-0.15, -0.1) is 0 Å². The second-order valence-electron chi connectivity index (χ2n) is 8.65. The molecule has 0 radical (unpaired) electrons. The fourth-order valence-corrected chi connectivity index (χ4v) is 5.36. The number of guanidine groups is 1. The summed E-state index contributed by atoms with van der Waals surface area (Å²) in [4.78, 5) is 7.43. The molecule has 7 nitrogen and oxygen atoms in total. The van der Waals surface area contributed by atoms with Crippen molar-refractivity contribution in [3.63, 3.8) is 0 Å². The highest BCUT2D eigenvalue weighted by molar-refractivity contribution is 7.89. The topological polar surface area (TPSA) is 83.0 Å². The molecule has 1 aromatic carbocycles. The van der Waals surface area contributed by atoms with Crippen molar-refractivity contribution in [1.29, 1.82) is 0 Å². The first kappa shape index (κ1) is 23.0. The molecule has 1 aromatic rings. The summed E-state index contributed by atoms with van der Waals surface area (Å²) >= 11 is 0. The molecule has 2 N–H and O–H groups in total. The van der Waals surface area contributed by atoms with E-state index in [2.05, 4.69) is 35.7 Å². The van der Waals surface area contributed by atoms with E-state index < -0.39 is 10.0 Å². The standard InChI is InChI=1S/C22H36N4O3S/c1-4-23-22(26-15-17(2)12-18(3)16-26)24-13-19-7-9-21(10-8-19)30(27,28)25-14-20-6-5-11-29-20/h7-10,17-18,20,25H,4-6,11-16H2,1-3H3,(H,23,24). The highest BCUT2D eigenvalue weighted by atomic mass is 32.2. The van der Waals surface area contributed by atoms with Crippen molar-refractivity contribution in [1.82, 2.24) is 14.9 Å². The van der Waals surface area contributed by atoms with Gasteiger partial charge in [-0.2, -0.15) is 0 Å². The fourth-order valence-electron chi connectivity index (χ4n) is 4.29. The number of hydrogen-bond donors (Lipinski definition) is 2. The van der Waals surface area contributed by atoms with Crippen molar-refractivity contribution in [3.05, 3.63) is 29.8 Å². The predicted molar refractivity (Wildman–Crippen MR) is 120 cm³/mol. The summed E-state index contributed by atoms with van der Waals surface area (Å²) in [5.74, 6) is 2.25. The minimum absolute atomic E-state index is 0.0157. The Balaban J connectivity index is 1.61. The summed E-state index contributed by atoms with van der Waals surface area (Å²) in [7, 11) is -3.52. The smallest absolute Gasteiger partial charge is 0.240 e. The number of sulfonamides is 1. The van der Waals surface area contributed by atoms with Gasteiger partial charge < -0.3 is 15.0 Å². The summed E-state index contributed by atoms with van der Waals surface area (Å²) < 4.78 is 33.2. The van der Waals surface area contributed by atoms with Crippen LogP contribution in [0.2, 0.25) is 0 Å². The van der Waals surface area contributed by atoms with Crippen molar-refractivity contribution < 1.29 is 13.2 Å². The first-order valence-electron chi connectivity index (χ1n) is 11.1. The van der Waals surface area contributed by atoms with Gasteiger partial charge in [0.15, 0.2) is 5.96 Å². The molecular formula is C22H36N4O3S. The molecule has 0 spiro atoms. The van der Waals surface area contributed by atoms with Crippen molar-refractivity contribution in [2.24, 2.45) is 16.8 Å². The van der Waals surface area contributed by atoms with E-state index in [0.29, 0.717) is 31.5 Å². The number of hydrogen-bond acceptors (Lipinski definition) is 4. The molecule has 3 rings (SSSR count). The lowest BCUT2D eigenvalue weighted by Gasteiger charge is -2.37. The molecule has 0 amide bonds. The zero-order valence-corrected chi connectivity index (χ0v) is 19.2. The molecule has 2 saturated heterocycles. The van der Waals surface area contributed by atoms with Crippen molar-refractivity contribution in [3.8, 4) is 0 Å². The van der Waals surface area contributed by atoms with Crippen LogP contribution in [0.4, 0.5) is 0 Å². The van der Waals surface area contributed by atoms with E-state index in [1.54, 1.807) is 12.1 Å². The molecule has 0 bridgehead atoms. The van der Waals surface area contributed by atoms with Crippen molar-refractivity contribution in [2.45, 2.75) is 57.6 Å². The zero-order valence-electron chi connectivity index (χ0n) is 18.4. The molecular weight excluding hydrogens is 400 g/mol. The zero-order chi connectivity index (χ0) is 21.6. The summed E-state index contributed by atoms with van der Waals surface area (Å²) in [5, 5.41) is 3.40. The monoisotopic (exact) mass is 436 g/mol. The molecule has 2 fully saturated rings. The Morgan fingerprint density at radius 2 is 1.90 bits per heavy atom. The molecule has 0 aromatic heterocycles. The molecule has 0 aliphatic carbocycles.